The van der Waals surface area contributed by atoms with Crippen molar-refractivity contribution in [3.63, 3.8) is 0 Å². The molecule has 0 aliphatic rings. The van der Waals surface area contributed by atoms with Gasteiger partial charge >= 0.3 is 0 Å². The van der Waals surface area contributed by atoms with Gasteiger partial charge in [0.2, 0.25) is 0 Å². The summed E-state index contributed by atoms with van der Waals surface area (Å²) in [6.07, 6.45) is 9.15. The minimum Gasteiger partial charge on any atom is -0.494 e. The molecule has 0 fully saturated rings. The highest BCUT2D eigenvalue weighted by molar-refractivity contribution is 6.42. The van der Waals surface area contributed by atoms with Gasteiger partial charge in [-0.15, -0.1) is 0 Å². The van der Waals surface area contributed by atoms with E-state index < -0.39 is 0 Å². The highest BCUT2D eigenvalue weighted by atomic mass is 35.5. The molecule has 2 rings (SSSR count). The molecule has 0 aromatic heterocycles. The number of benzene rings is 2. The Morgan fingerprint density at radius 1 is 0.889 bits per heavy atom. The largest absolute Gasteiger partial charge is 0.494 e. The summed E-state index contributed by atoms with van der Waals surface area (Å²) >= 11 is 12.0. The number of hydrogen-bond acceptors (Lipinski definition) is 1. The third-order valence-electron chi connectivity index (χ3n) is 4.75. The lowest BCUT2D eigenvalue weighted by Crippen LogP contribution is -2.02. The van der Waals surface area contributed by atoms with Crippen LogP contribution in [0.4, 0.5) is 0 Å². The van der Waals surface area contributed by atoms with Crippen molar-refractivity contribution in [3.05, 3.63) is 63.6 Å². The van der Waals surface area contributed by atoms with Gasteiger partial charge in [0.15, 0.2) is 0 Å². The molecule has 1 N–H and O–H groups in total. The van der Waals surface area contributed by atoms with Gasteiger partial charge in [0.25, 0.3) is 0 Å². The second-order valence-electron chi connectivity index (χ2n) is 7.02. The molecule has 147 valence electrons. The van der Waals surface area contributed by atoms with Gasteiger partial charge in [0, 0.05) is 6.04 Å². The highest BCUT2D eigenvalue weighted by Gasteiger charge is 2.08. The average Bonchev–Trinajstić information content (AvgIpc) is 2.68. The molecule has 0 saturated carbocycles. The number of ether oxygens (including phenoxy) is 1. The third kappa shape index (κ3) is 8.13. The minimum absolute atomic E-state index is 0.257. The Labute approximate surface area is 174 Å². The lowest BCUT2D eigenvalue weighted by Gasteiger charge is -2.13. The lowest BCUT2D eigenvalue weighted by atomic mass is 10.00. The Kier molecular flexibility index (Phi) is 10.0. The number of unbranched alkanes of at least 4 members (excludes halogenated alkanes) is 5. The smallest absolute Gasteiger partial charge is 0.119 e. The van der Waals surface area contributed by atoms with Crippen molar-refractivity contribution in [1.82, 2.24) is 5.73 Å². The topological polar surface area (TPSA) is 33.0 Å². The second kappa shape index (κ2) is 12.3. The van der Waals surface area contributed by atoms with Crippen LogP contribution in [-0.4, -0.2) is 6.61 Å². The Balaban J connectivity index is 1.71. The van der Waals surface area contributed by atoms with Gasteiger partial charge in [0.1, 0.15) is 5.75 Å². The van der Waals surface area contributed by atoms with Gasteiger partial charge in [0.05, 0.1) is 16.7 Å². The summed E-state index contributed by atoms with van der Waals surface area (Å²) in [7, 11) is 0. The van der Waals surface area contributed by atoms with Crippen molar-refractivity contribution in [2.45, 2.75) is 64.3 Å². The number of aryl methyl sites for hydroxylation is 1. The van der Waals surface area contributed by atoms with E-state index in [2.05, 4.69) is 6.92 Å². The zero-order valence-corrected chi connectivity index (χ0v) is 17.7. The molecule has 0 amide bonds. The van der Waals surface area contributed by atoms with Crippen LogP contribution >= 0.6 is 23.2 Å². The normalized spacial score (nSPS) is 12.1. The fraction of sp³-hybridized carbons (Fsp3) is 0.478. The van der Waals surface area contributed by atoms with E-state index in [1.807, 2.05) is 42.5 Å². The molecule has 0 aliphatic heterocycles. The predicted octanol–water partition coefficient (Wildman–Crippen LogP) is 7.69. The van der Waals surface area contributed by atoms with E-state index in [0.717, 1.165) is 42.7 Å². The summed E-state index contributed by atoms with van der Waals surface area (Å²) < 4.78 is 5.81. The molecule has 2 nitrogen and oxygen atoms in total. The van der Waals surface area contributed by atoms with Crippen molar-refractivity contribution >= 4 is 23.2 Å². The molecule has 1 radical (unpaired) electrons. The Hall–Kier alpha value is -1.22. The SMILES string of the molecule is CCCCCCCCOc1ccc(C([NH])CCc2ccc(Cl)c(Cl)c2)cc1. The highest BCUT2D eigenvalue weighted by Crippen LogP contribution is 2.25. The number of rotatable bonds is 12. The van der Waals surface area contributed by atoms with Crippen LogP contribution in [0.3, 0.4) is 0 Å². The predicted molar refractivity (Wildman–Crippen MR) is 116 cm³/mol. The van der Waals surface area contributed by atoms with Crippen molar-refractivity contribution < 1.29 is 4.74 Å². The van der Waals surface area contributed by atoms with Crippen molar-refractivity contribution in [3.8, 4) is 5.75 Å². The van der Waals surface area contributed by atoms with Crippen LogP contribution < -0.4 is 10.5 Å². The maximum absolute atomic E-state index is 8.38. The van der Waals surface area contributed by atoms with Crippen molar-refractivity contribution in [2.24, 2.45) is 0 Å². The molecular weight excluding hydrogens is 377 g/mol. The van der Waals surface area contributed by atoms with Gasteiger partial charge in [-0.25, -0.2) is 5.73 Å². The van der Waals surface area contributed by atoms with Gasteiger partial charge < -0.3 is 4.74 Å². The summed E-state index contributed by atoms with van der Waals surface area (Å²) in [4.78, 5) is 0. The Morgan fingerprint density at radius 3 is 2.30 bits per heavy atom. The molecule has 27 heavy (non-hydrogen) atoms. The van der Waals surface area contributed by atoms with Crippen LogP contribution in [-0.2, 0) is 6.42 Å². The van der Waals surface area contributed by atoms with E-state index in [-0.39, 0.29) is 6.04 Å². The lowest BCUT2D eigenvalue weighted by molar-refractivity contribution is 0.304. The summed E-state index contributed by atoms with van der Waals surface area (Å²) in [5.74, 6) is 0.893. The fourth-order valence-corrected chi connectivity index (χ4v) is 3.36. The van der Waals surface area contributed by atoms with Crippen LogP contribution in [0, 0.1) is 0 Å². The van der Waals surface area contributed by atoms with Gasteiger partial charge in [-0.1, -0.05) is 80.4 Å². The number of halogens is 2. The third-order valence-corrected chi connectivity index (χ3v) is 5.49. The summed E-state index contributed by atoms with van der Waals surface area (Å²) in [5.41, 5.74) is 10.5. The minimum atomic E-state index is -0.257. The first-order chi connectivity index (χ1) is 13.1. The summed E-state index contributed by atoms with van der Waals surface area (Å²) in [6, 6.07) is 13.4. The first-order valence-corrected chi connectivity index (χ1v) is 10.7. The number of nitrogens with one attached hydrogen (secondary N) is 1. The van der Waals surface area contributed by atoms with Crippen molar-refractivity contribution in [2.75, 3.05) is 6.61 Å². The van der Waals surface area contributed by atoms with E-state index in [0.29, 0.717) is 10.0 Å². The quantitative estimate of drug-likeness (QED) is 0.332. The molecule has 1 unspecified atom stereocenters. The Bertz CT molecular complexity index is 673. The van der Waals surface area contributed by atoms with Crippen LogP contribution in [0.15, 0.2) is 42.5 Å². The first kappa shape index (κ1) is 22.1. The molecule has 4 heteroatoms. The fourth-order valence-electron chi connectivity index (χ4n) is 3.04. The van der Waals surface area contributed by atoms with E-state index in [1.54, 1.807) is 0 Å². The van der Waals surface area contributed by atoms with E-state index in [4.69, 9.17) is 33.7 Å². The summed E-state index contributed by atoms with van der Waals surface area (Å²) in [6.45, 7) is 3.01. The zero-order valence-electron chi connectivity index (χ0n) is 16.1. The molecule has 0 aliphatic carbocycles. The van der Waals surface area contributed by atoms with Crippen LogP contribution in [0.1, 0.15) is 69.0 Å². The summed E-state index contributed by atoms with van der Waals surface area (Å²) in [5, 5.41) is 1.14. The molecule has 1 atom stereocenters. The maximum atomic E-state index is 8.38. The number of hydrogen-bond donors (Lipinski definition) is 0. The molecule has 0 bridgehead atoms. The molecular formula is C23H30Cl2NO. The van der Waals surface area contributed by atoms with Gasteiger partial charge in [-0.3, -0.25) is 0 Å². The molecule has 2 aromatic rings. The first-order valence-electron chi connectivity index (χ1n) is 9.98. The maximum Gasteiger partial charge on any atom is 0.119 e. The van der Waals surface area contributed by atoms with E-state index in [9.17, 15) is 0 Å². The Morgan fingerprint density at radius 2 is 1.59 bits per heavy atom. The molecule has 0 spiro atoms. The molecule has 0 heterocycles. The monoisotopic (exact) mass is 406 g/mol. The standard InChI is InChI=1S/C23H30Cl2NO/c1-2-3-4-5-6-7-16-27-20-12-10-19(11-13-20)23(26)15-9-18-8-14-21(24)22(25)17-18/h8,10-14,17,23,26H,2-7,9,15-16H2,1H3. The van der Waals surface area contributed by atoms with E-state index in [1.165, 1.54) is 32.1 Å². The van der Waals surface area contributed by atoms with Crippen LogP contribution in [0.25, 0.3) is 0 Å². The molecule has 0 saturated heterocycles. The van der Waals surface area contributed by atoms with Gasteiger partial charge in [-0.2, -0.15) is 0 Å². The van der Waals surface area contributed by atoms with Crippen molar-refractivity contribution in [1.29, 1.82) is 0 Å². The van der Waals surface area contributed by atoms with Gasteiger partial charge in [-0.05, 0) is 54.7 Å². The van der Waals surface area contributed by atoms with Crippen LogP contribution in [0.2, 0.25) is 10.0 Å². The van der Waals surface area contributed by atoms with Crippen LogP contribution in [0.5, 0.6) is 5.75 Å². The zero-order chi connectivity index (χ0) is 19.5. The molecule has 2 aromatic carbocycles. The second-order valence-corrected chi connectivity index (χ2v) is 7.84. The van der Waals surface area contributed by atoms with E-state index >= 15 is 0 Å². The average molecular weight is 407 g/mol.